The van der Waals surface area contributed by atoms with E-state index >= 15 is 0 Å². The zero-order chi connectivity index (χ0) is 12.0. The molecule has 4 nitrogen and oxygen atoms in total. The molecule has 0 bridgehead atoms. The predicted molar refractivity (Wildman–Crippen MR) is 61.4 cm³/mol. The first-order valence-electron chi connectivity index (χ1n) is 5.29. The Morgan fingerprint density at radius 3 is 2.50 bits per heavy atom. The highest BCUT2D eigenvalue weighted by Gasteiger charge is 2.18. The van der Waals surface area contributed by atoms with Crippen molar-refractivity contribution in [3.8, 4) is 5.75 Å². The summed E-state index contributed by atoms with van der Waals surface area (Å²) in [6.07, 6.45) is -0.435. The second-order valence-corrected chi connectivity index (χ2v) is 3.69. The fourth-order valence-electron chi connectivity index (χ4n) is 1.32. The Hall–Kier alpha value is -1.55. The van der Waals surface area contributed by atoms with Gasteiger partial charge in [-0.2, -0.15) is 0 Å². The Morgan fingerprint density at radius 1 is 1.38 bits per heavy atom. The van der Waals surface area contributed by atoms with E-state index in [4.69, 9.17) is 9.84 Å². The molecular formula is C12H17NO3. The number of carbonyl (C=O) groups is 1. The number of aliphatic hydroxyl groups excluding tert-OH is 1. The van der Waals surface area contributed by atoms with Crippen LogP contribution in [-0.2, 0) is 0 Å². The average Bonchev–Trinajstić information content (AvgIpc) is 2.26. The summed E-state index contributed by atoms with van der Waals surface area (Å²) in [6.45, 7) is 3.97. The van der Waals surface area contributed by atoms with Gasteiger partial charge in [0.25, 0.3) is 0 Å². The number of benzene rings is 1. The quantitative estimate of drug-likeness (QED) is 0.848. The summed E-state index contributed by atoms with van der Waals surface area (Å²) in [4.78, 5) is 13.2. The molecule has 1 N–H and O–H groups in total. The van der Waals surface area contributed by atoms with Crippen LogP contribution in [0.1, 0.15) is 13.8 Å². The molecule has 0 aliphatic heterocycles. The topological polar surface area (TPSA) is 49.8 Å². The lowest BCUT2D eigenvalue weighted by molar-refractivity contribution is 0.124. The number of ether oxygens (including phenoxy) is 1. The molecule has 0 heterocycles. The largest absolute Gasteiger partial charge is 0.415 e. The van der Waals surface area contributed by atoms with Gasteiger partial charge in [-0.25, -0.2) is 4.79 Å². The summed E-state index contributed by atoms with van der Waals surface area (Å²) < 4.78 is 5.17. The van der Waals surface area contributed by atoms with E-state index in [1.54, 1.807) is 24.3 Å². The SMILES string of the molecule is CC(C)N(CCO)C(=O)Oc1ccccc1. The Morgan fingerprint density at radius 2 is 2.00 bits per heavy atom. The van der Waals surface area contributed by atoms with Crippen LogP contribution in [-0.4, -0.2) is 35.3 Å². The minimum absolute atomic E-state index is 0.00311. The lowest BCUT2D eigenvalue weighted by Crippen LogP contribution is -2.40. The molecule has 0 saturated heterocycles. The van der Waals surface area contributed by atoms with Gasteiger partial charge in [-0.05, 0) is 26.0 Å². The molecule has 0 fully saturated rings. The number of rotatable bonds is 4. The Bertz CT molecular complexity index is 324. The van der Waals surface area contributed by atoms with Gasteiger partial charge in [-0.15, -0.1) is 0 Å². The van der Waals surface area contributed by atoms with Crippen molar-refractivity contribution in [2.75, 3.05) is 13.2 Å². The molecule has 0 aliphatic carbocycles. The first-order valence-corrected chi connectivity index (χ1v) is 5.29. The summed E-state index contributed by atoms with van der Waals surface area (Å²) in [5, 5.41) is 8.85. The molecule has 0 aromatic heterocycles. The normalized spacial score (nSPS) is 10.2. The van der Waals surface area contributed by atoms with Crippen molar-refractivity contribution in [1.29, 1.82) is 0 Å². The van der Waals surface area contributed by atoms with Gasteiger partial charge >= 0.3 is 6.09 Å². The number of hydrogen-bond acceptors (Lipinski definition) is 3. The molecule has 0 spiro atoms. The standard InChI is InChI=1S/C12H17NO3/c1-10(2)13(8-9-14)12(15)16-11-6-4-3-5-7-11/h3-7,10,14H,8-9H2,1-2H3. The first kappa shape index (κ1) is 12.5. The minimum atomic E-state index is -0.435. The van der Waals surface area contributed by atoms with Crippen LogP contribution in [0.4, 0.5) is 4.79 Å². The smallest absolute Gasteiger partial charge is 0.410 e. The molecule has 0 radical (unpaired) electrons. The monoisotopic (exact) mass is 223 g/mol. The highest BCUT2D eigenvalue weighted by molar-refractivity contribution is 5.70. The molecule has 16 heavy (non-hydrogen) atoms. The van der Waals surface area contributed by atoms with E-state index in [2.05, 4.69) is 0 Å². The van der Waals surface area contributed by atoms with Crippen LogP contribution in [0.2, 0.25) is 0 Å². The lowest BCUT2D eigenvalue weighted by atomic mass is 10.3. The summed E-state index contributed by atoms with van der Waals surface area (Å²) in [5.41, 5.74) is 0. The van der Waals surface area contributed by atoms with Crippen LogP contribution < -0.4 is 4.74 Å². The van der Waals surface area contributed by atoms with E-state index < -0.39 is 6.09 Å². The second kappa shape index (κ2) is 6.12. The highest BCUT2D eigenvalue weighted by atomic mass is 16.6. The second-order valence-electron chi connectivity index (χ2n) is 3.69. The van der Waals surface area contributed by atoms with Gasteiger partial charge in [0, 0.05) is 12.6 Å². The number of nitrogens with zero attached hydrogens (tertiary/aromatic N) is 1. The zero-order valence-electron chi connectivity index (χ0n) is 9.59. The molecule has 4 heteroatoms. The van der Waals surface area contributed by atoms with Gasteiger partial charge in [0.2, 0.25) is 0 Å². The van der Waals surface area contributed by atoms with Crippen molar-refractivity contribution in [1.82, 2.24) is 4.90 Å². The zero-order valence-corrected chi connectivity index (χ0v) is 9.59. The number of hydrogen-bond donors (Lipinski definition) is 1. The third-order valence-electron chi connectivity index (χ3n) is 2.15. The van der Waals surface area contributed by atoms with Crippen LogP contribution in [0.5, 0.6) is 5.75 Å². The number of para-hydroxylation sites is 1. The molecule has 1 aromatic carbocycles. The molecular weight excluding hydrogens is 206 g/mol. The number of amides is 1. The third-order valence-corrected chi connectivity index (χ3v) is 2.15. The van der Waals surface area contributed by atoms with Crippen LogP contribution in [0.3, 0.4) is 0 Å². The van der Waals surface area contributed by atoms with Gasteiger partial charge in [0.1, 0.15) is 5.75 Å². The molecule has 0 saturated carbocycles. The maximum absolute atomic E-state index is 11.7. The molecule has 1 aromatic rings. The van der Waals surface area contributed by atoms with Gasteiger partial charge in [0.15, 0.2) is 0 Å². The van der Waals surface area contributed by atoms with Crippen molar-refractivity contribution < 1.29 is 14.6 Å². The van der Waals surface area contributed by atoms with E-state index in [9.17, 15) is 4.79 Å². The summed E-state index contributed by atoms with van der Waals surface area (Å²) in [6, 6.07) is 8.89. The van der Waals surface area contributed by atoms with E-state index in [-0.39, 0.29) is 19.2 Å². The van der Waals surface area contributed by atoms with Gasteiger partial charge in [-0.3, -0.25) is 0 Å². The van der Waals surface area contributed by atoms with Crippen molar-refractivity contribution in [2.24, 2.45) is 0 Å². The Labute approximate surface area is 95.5 Å². The van der Waals surface area contributed by atoms with Crippen LogP contribution >= 0.6 is 0 Å². The van der Waals surface area contributed by atoms with E-state index in [0.717, 1.165) is 0 Å². The molecule has 1 amide bonds. The van der Waals surface area contributed by atoms with Crippen molar-refractivity contribution in [3.05, 3.63) is 30.3 Å². The van der Waals surface area contributed by atoms with E-state index in [0.29, 0.717) is 5.75 Å². The molecule has 0 aliphatic rings. The van der Waals surface area contributed by atoms with E-state index in [1.807, 2.05) is 19.9 Å². The molecule has 0 unspecified atom stereocenters. The van der Waals surface area contributed by atoms with Crippen LogP contribution in [0, 0.1) is 0 Å². The lowest BCUT2D eigenvalue weighted by Gasteiger charge is -2.24. The summed E-state index contributed by atoms with van der Waals surface area (Å²) in [5.74, 6) is 0.510. The number of aliphatic hydroxyl groups is 1. The summed E-state index contributed by atoms with van der Waals surface area (Å²) >= 11 is 0. The third kappa shape index (κ3) is 3.55. The summed E-state index contributed by atoms with van der Waals surface area (Å²) in [7, 11) is 0. The van der Waals surface area contributed by atoms with Crippen LogP contribution in [0.15, 0.2) is 30.3 Å². The molecule has 1 rings (SSSR count). The van der Waals surface area contributed by atoms with Crippen molar-refractivity contribution in [3.63, 3.8) is 0 Å². The van der Waals surface area contributed by atoms with Gasteiger partial charge < -0.3 is 14.7 Å². The molecule has 88 valence electrons. The fraction of sp³-hybridized carbons (Fsp3) is 0.417. The maximum atomic E-state index is 11.7. The van der Waals surface area contributed by atoms with Crippen LogP contribution in [0.25, 0.3) is 0 Å². The van der Waals surface area contributed by atoms with Crippen molar-refractivity contribution in [2.45, 2.75) is 19.9 Å². The predicted octanol–water partition coefficient (Wildman–Crippen LogP) is 1.89. The fourth-order valence-corrected chi connectivity index (χ4v) is 1.32. The minimum Gasteiger partial charge on any atom is -0.410 e. The first-order chi connectivity index (χ1) is 7.65. The van der Waals surface area contributed by atoms with Crippen molar-refractivity contribution >= 4 is 6.09 Å². The average molecular weight is 223 g/mol. The number of carbonyl (C=O) groups excluding carboxylic acids is 1. The Balaban J connectivity index is 2.62. The highest BCUT2D eigenvalue weighted by Crippen LogP contribution is 2.11. The molecule has 0 atom stereocenters. The Kier molecular flexibility index (Phi) is 4.79. The maximum Gasteiger partial charge on any atom is 0.415 e. The van der Waals surface area contributed by atoms with E-state index in [1.165, 1.54) is 4.90 Å². The van der Waals surface area contributed by atoms with Gasteiger partial charge in [0.05, 0.1) is 6.61 Å². The van der Waals surface area contributed by atoms with Gasteiger partial charge in [-0.1, -0.05) is 18.2 Å².